The summed E-state index contributed by atoms with van der Waals surface area (Å²) < 4.78 is 18.4. The molecule has 9 nitrogen and oxygen atoms in total. The molecule has 0 saturated carbocycles. The minimum absolute atomic E-state index is 0. The molecule has 0 bridgehead atoms. The third-order valence-electron chi connectivity index (χ3n) is 7.46. The number of amides is 3. The van der Waals surface area contributed by atoms with Crippen LogP contribution in [-0.2, 0) is 26.2 Å². The van der Waals surface area contributed by atoms with Crippen LogP contribution in [0.15, 0.2) is 48.5 Å². The predicted octanol–water partition coefficient (Wildman–Crippen LogP) is 3.45. The third kappa shape index (κ3) is 8.89. The van der Waals surface area contributed by atoms with E-state index in [1.807, 2.05) is 38.1 Å². The molecule has 5 N–H and O–H groups in total. The highest BCUT2D eigenvalue weighted by atomic mass is 35.5. The number of aliphatic hydroxyl groups is 1. The summed E-state index contributed by atoms with van der Waals surface area (Å²) in [5, 5.41) is 16.2. The Morgan fingerprint density at radius 1 is 1.15 bits per heavy atom. The lowest BCUT2D eigenvalue weighted by Crippen LogP contribution is -2.51. The van der Waals surface area contributed by atoms with E-state index in [1.54, 1.807) is 30.9 Å². The van der Waals surface area contributed by atoms with Crippen molar-refractivity contribution in [3.63, 3.8) is 0 Å². The lowest BCUT2D eigenvalue weighted by atomic mass is 9.80. The molecule has 1 heterocycles. The number of nitrogens with one attached hydrogen (secondary N) is 2. The molecule has 0 saturated heterocycles. The van der Waals surface area contributed by atoms with Gasteiger partial charge in [-0.25, -0.2) is 9.18 Å². The highest BCUT2D eigenvalue weighted by molar-refractivity contribution is 5.95. The Morgan fingerprint density at radius 3 is 2.49 bits per heavy atom. The zero-order valence-electron chi connectivity index (χ0n) is 24.3. The van der Waals surface area contributed by atoms with Crippen LogP contribution in [0.1, 0.15) is 51.7 Å². The zero-order valence-corrected chi connectivity index (χ0v) is 25.1. The Balaban J connectivity index is 0.00000588. The van der Waals surface area contributed by atoms with Gasteiger partial charge in [-0.2, -0.15) is 0 Å². The number of alkyl carbamates (subject to hydrolysis) is 1. The van der Waals surface area contributed by atoms with Crippen molar-refractivity contribution in [3.05, 3.63) is 65.5 Å². The molecular formula is C30H42ClFN4O5. The van der Waals surface area contributed by atoms with Crippen molar-refractivity contribution >= 4 is 36.0 Å². The second kappa shape index (κ2) is 14.1. The summed E-state index contributed by atoms with van der Waals surface area (Å²) in [4.78, 5) is 39.8. The number of fused-ring (bicyclic) bond motifs is 1. The minimum Gasteiger partial charge on any atom is -0.453 e. The maximum absolute atomic E-state index is 13.7. The number of nitrogens with zero attached hydrogens (tertiary/aromatic N) is 1. The van der Waals surface area contributed by atoms with Crippen molar-refractivity contribution in [2.75, 3.05) is 25.1 Å². The van der Waals surface area contributed by atoms with Gasteiger partial charge in [0, 0.05) is 31.2 Å². The van der Waals surface area contributed by atoms with Crippen molar-refractivity contribution in [1.29, 1.82) is 0 Å². The Kier molecular flexibility index (Phi) is 11.7. The van der Waals surface area contributed by atoms with Crippen molar-refractivity contribution in [3.8, 4) is 0 Å². The number of ether oxygens (including phenoxy) is 1. The van der Waals surface area contributed by atoms with Gasteiger partial charge in [0.1, 0.15) is 5.82 Å². The number of nitrogens with two attached hydrogens (primary N) is 1. The molecule has 2 aromatic carbocycles. The number of hydrogen-bond acceptors (Lipinski definition) is 6. The van der Waals surface area contributed by atoms with Crippen LogP contribution in [0.2, 0.25) is 0 Å². The fourth-order valence-corrected chi connectivity index (χ4v) is 5.08. The molecule has 226 valence electrons. The lowest BCUT2D eigenvalue weighted by Gasteiger charge is -2.37. The van der Waals surface area contributed by atoms with Gasteiger partial charge in [0.25, 0.3) is 0 Å². The van der Waals surface area contributed by atoms with E-state index in [9.17, 15) is 23.9 Å². The second-order valence-corrected chi connectivity index (χ2v) is 11.8. The molecule has 0 aliphatic carbocycles. The zero-order chi connectivity index (χ0) is 29.7. The normalized spacial score (nSPS) is 16.5. The summed E-state index contributed by atoms with van der Waals surface area (Å²) in [6.45, 7) is 7.41. The number of hydrogen-bond donors (Lipinski definition) is 4. The number of aliphatic hydroxyl groups excluding tert-OH is 1. The van der Waals surface area contributed by atoms with Crippen molar-refractivity contribution in [2.24, 2.45) is 11.1 Å². The van der Waals surface area contributed by atoms with E-state index in [4.69, 9.17) is 10.5 Å². The van der Waals surface area contributed by atoms with Crippen LogP contribution in [0.5, 0.6) is 0 Å². The number of methoxy groups -OCH3 is 1. The molecule has 0 spiro atoms. The molecule has 1 aliphatic heterocycles. The van der Waals surface area contributed by atoms with E-state index in [-0.39, 0.29) is 43.2 Å². The minimum atomic E-state index is -1.05. The number of carbonyl (C=O) groups excluding carboxylic acids is 3. The average molecular weight is 593 g/mol. The summed E-state index contributed by atoms with van der Waals surface area (Å²) in [5.41, 5.74) is 7.01. The predicted molar refractivity (Wildman–Crippen MR) is 159 cm³/mol. The molecule has 41 heavy (non-hydrogen) atoms. The summed E-state index contributed by atoms with van der Waals surface area (Å²) in [6, 6.07) is 12.4. The highest BCUT2D eigenvalue weighted by Gasteiger charge is 2.35. The lowest BCUT2D eigenvalue weighted by molar-refractivity contribution is -0.126. The van der Waals surface area contributed by atoms with E-state index in [2.05, 4.69) is 10.6 Å². The van der Waals surface area contributed by atoms with Crippen LogP contribution in [0.3, 0.4) is 0 Å². The number of halogens is 2. The van der Waals surface area contributed by atoms with E-state index in [0.717, 1.165) is 11.3 Å². The summed E-state index contributed by atoms with van der Waals surface area (Å²) >= 11 is 0. The van der Waals surface area contributed by atoms with E-state index in [0.29, 0.717) is 24.9 Å². The Hall–Kier alpha value is -3.21. The number of para-hydroxylation sites is 1. The third-order valence-corrected chi connectivity index (χ3v) is 7.46. The first-order valence-corrected chi connectivity index (χ1v) is 13.4. The first kappa shape index (κ1) is 34.0. The second-order valence-electron chi connectivity index (χ2n) is 11.8. The molecule has 0 fully saturated rings. The van der Waals surface area contributed by atoms with Crippen LogP contribution in [0.25, 0.3) is 0 Å². The van der Waals surface area contributed by atoms with E-state index < -0.39 is 34.9 Å². The Bertz CT molecular complexity index is 1220. The van der Waals surface area contributed by atoms with Crippen LogP contribution in [-0.4, -0.2) is 61.4 Å². The largest absolute Gasteiger partial charge is 0.453 e. The maximum atomic E-state index is 13.7. The first-order valence-electron chi connectivity index (χ1n) is 13.4. The molecule has 2 aromatic rings. The van der Waals surface area contributed by atoms with Crippen molar-refractivity contribution < 1.29 is 28.6 Å². The molecule has 1 aliphatic rings. The maximum Gasteiger partial charge on any atom is 0.407 e. The van der Waals surface area contributed by atoms with Gasteiger partial charge in [0.15, 0.2) is 0 Å². The number of anilines is 1. The van der Waals surface area contributed by atoms with Crippen LogP contribution in [0, 0.1) is 11.2 Å². The van der Waals surface area contributed by atoms with Crippen LogP contribution < -0.4 is 21.3 Å². The number of rotatable bonds is 10. The summed E-state index contributed by atoms with van der Waals surface area (Å²) in [6.07, 6.45) is -0.542. The van der Waals surface area contributed by atoms with Crippen LogP contribution >= 0.6 is 12.4 Å². The van der Waals surface area contributed by atoms with Gasteiger partial charge >= 0.3 is 6.09 Å². The van der Waals surface area contributed by atoms with Gasteiger partial charge in [0.05, 0.1) is 24.7 Å². The van der Waals surface area contributed by atoms with Gasteiger partial charge in [0.2, 0.25) is 11.8 Å². The monoisotopic (exact) mass is 592 g/mol. The van der Waals surface area contributed by atoms with E-state index in [1.165, 1.54) is 19.2 Å². The molecule has 11 heteroatoms. The van der Waals surface area contributed by atoms with Gasteiger partial charge in [-0.3, -0.25) is 9.59 Å². The molecule has 0 radical (unpaired) electrons. The molecular weight excluding hydrogens is 551 g/mol. The van der Waals surface area contributed by atoms with Gasteiger partial charge in [-0.15, -0.1) is 12.4 Å². The average Bonchev–Trinajstić information content (AvgIpc) is 2.90. The van der Waals surface area contributed by atoms with Crippen molar-refractivity contribution in [2.45, 2.75) is 70.6 Å². The molecule has 3 amide bonds. The van der Waals surface area contributed by atoms with Gasteiger partial charge < -0.3 is 31.1 Å². The molecule has 0 aromatic heterocycles. The molecule has 3 atom stereocenters. The SMILES string of the molecule is COC(=O)NC1Cc2ccccc2N(C(=O)CC(C)(C)C[C@H](N)[C@@H](O)CNC(=O)C(C)(C)c2cccc(F)c2)C1.Cl. The topological polar surface area (TPSA) is 134 Å². The Morgan fingerprint density at radius 2 is 1.83 bits per heavy atom. The summed E-state index contributed by atoms with van der Waals surface area (Å²) in [7, 11) is 1.30. The van der Waals surface area contributed by atoms with Gasteiger partial charge in [-0.05, 0) is 61.4 Å². The standard InChI is InChI=1S/C30H41FN4O5.ClH/c1-29(2,15-23(32)25(36)17-33-27(38)30(3,4)20-10-8-11-21(31)14-20)16-26(37)35-18-22(34-28(39)40-5)13-19-9-6-7-12-24(19)35;/h6-12,14,22-23,25,36H,13,15-18,32H2,1-5H3,(H,33,38)(H,34,39);1H/t22?,23-,25-;/m0./s1. The van der Waals surface area contributed by atoms with Gasteiger partial charge in [-0.1, -0.05) is 44.2 Å². The fraction of sp³-hybridized carbons (Fsp3) is 0.500. The number of carbonyl (C=O) groups is 3. The van der Waals surface area contributed by atoms with Crippen molar-refractivity contribution in [1.82, 2.24) is 10.6 Å². The molecule has 3 rings (SSSR count). The quantitative estimate of drug-likeness (QED) is 0.334. The fourth-order valence-electron chi connectivity index (χ4n) is 5.08. The van der Waals surface area contributed by atoms with E-state index >= 15 is 0 Å². The summed E-state index contributed by atoms with van der Waals surface area (Å²) in [5.74, 6) is -0.918. The molecule has 1 unspecified atom stereocenters. The first-order chi connectivity index (χ1) is 18.7. The number of benzene rings is 2. The smallest absolute Gasteiger partial charge is 0.407 e. The van der Waals surface area contributed by atoms with Crippen LogP contribution in [0.4, 0.5) is 14.9 Å². The highest BCUT2D eigenvalue weighted by Crippen LogP contribution is 2.33. The Labute approximate surface area is 247 Å².